The molecule has 0 bridgehead atoms. The van der Waals surface area contributed by atoms with Crippen molar-refractivity contribution in [2.75, 3.05) is 5.32 Å². The first kappa shape index (κ1) is 14.2. The number of nitrogens with one attached hydrogen (secondary N) is 1. The van der Waals surface area contributed by atoms with E-state index in [0.717, 1.165) is 12.8 Å². The highest BCUT2D eigenvalue weighted by Gasteiger charge is 2.24. The summed E-state index contributed by atoms with van der Waals surface area (Å²) in [4.78, 5) is 26.5. The summed E-state index contributed by atoms with van der Waals surface area (Å²) < 4.78 is 1.17. The number of fused-ring (bicyclic) bond motifs is 1. The third-order valence-electron chi connectivity index (χ3n) is 3.77. The summed E-state index contributed by atoms with van der Waals surface area (Å²) in [6.45, 7) is -0.279. The molecule has 1 atom stereocenters. The number of aryl methyl sites for hydroxylation is 1. The van der Waals surface area contributed by atoms with Gasteiger partial charge in [-0.05, 0) is 29.9 Å². The summed E-state index contributed by atoms with van der Waals surface area (Å²) in [6, 6.07) is 8.17. The van der Waals surface area contributed by atoms with Crippen LogP contribution in [0.4, 0.5) is 5.95 Å². The summed E-state index contributed by atoms with van der Waals surface area (Å²) in [6.07, 6.45) is 3.63. The Bertz CT molecular complexity index is 710. The van der Waals surface area contributed by atoms with Crippen molar-refractivity contribution in [2.24, 2.45) is 0 Å². The van der Waals surface area contributed by atoms with E-state index in [1.807, 2.05) is 12.1 Å². The fourth-order valence-electron chi connectivity index (χ4n) is 2.82. The lowest BCUT2D eigenvalue weighted by molar-refractivity contribution is -0.137. The molecule has 0 saturated heterocycles. The fraction of sp³-hybridized carbons (Fsp3) is 0.333. The first-order valence-electron chi connectivity index (χ1n) is 7.10. The summed E-state index contributed by atoms with van der Waals surface area (Å²) in [5.74, 6) is -0.810. The molecule has 7 nitrogen and oxygen atoms in total. The minimum atomic E-state index is -1.01. The molecule has 2 N–H and O–H groups in total. The zero-order valence-electron chi connectivity index (χ0n) is 11.9. The van der Waals surface area contributed by atoms with Crippen molar-refractivity contribution in [3.63, 3.8) is 0 Å². The summed E-state index contributed by atoms with van der Waals surface area (Å²) in [7, 11) is 0. The number of benzene rings is 1. The van der Waals surface area contributed by atoms with E-state index >= 15 is 0 Å². The molecule has 22 heavy (non-hydrogen) atoms. The number of hydrogen-bond acceptors (Lipinski definition) is 4. The predicted octanol–water partition coefficient (Wildman–Crippen LogP) is 1.42. The van der Waals surface area contributed by atoms with Crippen LogP contribution in [0.1, 0.15) is 29.9 Å². The van der Waals surface area contributed by atoms with Gasteiger partial charge in [0.1, 0.15) is 12.9 Å². The maximum absolute atomic E-state index is 12.1. The van der Waals surface area contributed by atoms with Gasteiger partial charge in [-0.15, -0.1) is 5.10 Å². The fourth-order valence-corrected chi connectivity index (χ4v) is 2.82. The van der Waals surface area contributed by atoms with Gasteiger partial charge in [0.2, 0.25) is 11.9 Å². The van der Waals surface area contributed by atoms with Crippen LogP contribution in [-0.2, 0) is 22.6 Å². The van der Waals surface area contributed by atoms with Crippen molar-refractivity contribution in [1.82, 2.24) is 14.8 Å². The maximum atomic E-state index is 12.1. The molecular weight excluding hydrogens is 284 g/mol. The Morgan fingerprint density at radius 3 is 3.00 bits per heavy atom. The molecule has 0 aliphatic heterocycles. The number of amides is 1. The number of aliphatic carboxylic acids is 1. The van der Waals surface area contributed by atoms with E-state index in [4.69, 9.17) is 5.11 Å². The van der Waals surface area contributed by atoms with Gasteiger partial charge in [-0.25, -0.2) is 9.67 Å². The first-order valence-corrected chi connectivity index (χ1v) is 7.10. The lowest BCUT2D eigenvalue weighted by Gasteiger charge is -2.10. The molecule has 0 fully saturated rings. The predicted molar refractivity (Wildman–Crippen MR) is 78.4 cm³/mol. The van der Waals surface area contributed by atoms with Gasteiger partial charge in [0.25, 0.3) is 0 Å². The average Bonchev–Trinajstić information content (AvgIpc) is 3.06. The number of anilines is 1. The monoisotopic (exact) mass is 300 g/mol. The van der Waals surface area contributed by atoms with Crippen molar-refractivity contribution in [3.8, 4) is 0 Å². The lowest BCUT2D eigenvalue weighted by Crippen LogP contribution is -2.16. The summed E-state index contributed by atoms with van der Waals surface area (Å²) >= 11 is 0. The second kappa shape index (κ2) is 5.97. The molecule has 0 saturated carbocycles. The number of hydrogen-bond donors (Lipinski definition) is 2. The maximum Gasteiger partial charge on any atom is 0.325 e. The number of rotatable bonds is 5. The highest BCUT2D eigenvalue weighted by atomic mass is 16.4. The van der Waals surface area contributed by atoms with Crippen molar-refractivity contribution in [2.45, 2.75) is 31.7 Å². The Balaban J connectivity index is 1.59. The van der Waals surface area contributed by atoms with Crippen LogP contribution in [0.2, 0.25) is 0 Å². The molecule has 2 aromatic rings. The highest BCUT2D eigenvalue weighted by molar-refractivity contribution is 5.89. The minimum absolute atomic E-state index is 0.137. The van der Waals surface area contributed by atoms with Gasteiger partial charge >= 0.3 is 5.97 Å². The summed E-state index contributed by atoms with van der Waals surface area (Å²) in [5, 5.41) is 15.2. The van der Waals surface area contributed by atoms with E-state index in [0.29, 0.717) is 6.42 Å². The Hall–Kier alpha value is -2.70. The number of nitrogens with zero attached hydrogens (tertiary/aromatic N) is 3. The zero-order valence-corrected chi connectivity index (χ0v) is 11.9. The Labute approximate surface area is 127 Å². The molecule has 1 heterocycles. The number of carboxylic acid groups (broad SMARTS) is 1. The second-order valence-electron chi connectivity index (χ2n) is 5.35. The van der Waals surface area contributed by atoms with E-state index in [1.165, 1.54) is 22.1 Å². The molecule has 1 aromatic heterocycles. The van der Waals surface area contributed by atoms with Crippen LogP contribution in [-0.4, -0.2) is 31.7 Å². The highest BCUT2D eigenvalue weighted by Crippen LogP contribution is 2.35. The Kier molecular flexibility index (Phi) is 3.86. The number of carboxylic acids is 1. The van der Waals surface area contributed by atoms with E-state index < -0.39 is 5.97 Å². The SMILES string of the molecule is O=C(O)Cn1cnc(NC(=O)CC2CCc3ccccc32)n1. The van der Waals surface area contributed by atoms with Crippen LogP contribution in [0.15, 0.2) is 30.6 Å². The second-order valence-corrected chi connectivity index (χ2v) is 5.35. The standard InChI is InChI=1S/C15H16N4O3/c20-13(17-15-16-9-19(18-15)8-14(21)22)7-11-6-5-10-3-1-2-4-12(10)11/h1-4,9,11H,5-8H2,(H,21,22)(H,17,18,20). The van der Waals surface area contributed by atoms with E-state index in [1.54, 1.807) is 0 Å². The third kappa shape index (κ3) is 3.13. The van der Waals surface area contributed by atoms with Crippen molar-refractivity contribution in [3.05, 3.63) is 41.7 Å². The quantitative estimate of drug-likeness (QED) is 0.870. The normalized spacial score (nSPS) is 16.3. The molecule has 1 amide bonds. The minimum Gasteiger partial charge on any atom is -0.480 e. The molecule has 3 rings (SSSR count). The first-order chi connectivity index (χ1) is 10.6. The Morgan fingerprint density at radius 2 is 2.18 bits per heavy atom. The van der Waals surface area contributed by atoms with Crippen LogP contribution in [0.5, 0.6) is 0 Å². The molecular formula is C15H16N4O3. The average molecular weight is 300 g/mol. The molecule has 1 aliphatic carbocycles. The van der Waals surface area contributed by atoms with E-state index in [2.05, 4.69) is 27.5 Å². The molecule has 114 valence electrons. The molecule has 1 unspecified atom stereocenters. The van der Waals surface area contributed by atoms with Crippen LogP contribution < -0.4 is 5.32 Å². The topological polar surface area (TPSA) is 97.1 Å². The third-order valence-corrected chi connectivity index (χ3v) is 3.77. The van der Waals surface area contributed by atoms with Gasteiger partial charge in [0.05, 0.1) is 0 Å². The molecule has 1 aliphatic rings. The summed E-state index contributed by atoms with van der Waals surface area (Å²) in [5.41, 5.74) is 2.55. The van der Waals surface area contributed by atoms with Crippen LogP contribution in [0, 0.1) is 0 Å². The van der Waals surface area contributed by atoms with Crippen molar-refractivity contribution < 1.29 is 14.7 Å². The van der Waals surface area contributed by atoms with Crippen molar-refractivity contribution in [1.29, 1.82) is 0 Å². The van der Waals surface area contributed by atoms with Gasteiger partial charge in [-0.2, -0.15) is 0 Å². The Morgan fingerprint density at radius 1 is 1.36 bits per heavy atom. The molecule has 1 aromatic carbocycles. The van der Waals surface area contributed by atoms with Gasteiger partial charge < -0.3 is 5.11 Å². The number of carbonyl (C=O) groups excluding carboxylic acids is 1. The smallest absolute Gasteiger partial charge is 0.325 e. The van der Waals surface area contributed by atoms with E-state index in [9.17, 15) is 9.59 Å². The lowest BCUT2D eigenvalue weighted by atomic mass is 9.97. The molecule has 7 heteroatoms. The number of carbonyl (C=O) groups is 2. The largest absolute Gasteiger partial charge is 0.480 e. The van der Waals surface area contributed by atoms with Gasteiger partial charge in [0.15, 0.2) is 0 Å². The van der Waals surface area contributed by atoms with Crippen LogP contribution in [0.25, 0.3) is 0 Å². The number of aromatic nitrogens is 3. The zero-order chi connectivity index (χ0) is 15.5. The van der Waals surface area contributed by atoms with Crippen LogP contribution >= 0.6 is 0 Å². The molecule has 0 radical (unpaired) electrons. The van der Waals surface area contributed by atoms with Gasteiger partial charge in [-0.1, -0.05) is 24.3 Å². The van der Waals surface area contributed by atoms with E-state index in [-0.39, 0.29) is 24.3 Å². The van der Waals surface area contributed by atoms with Crippen molar-refractivity contribution >= 4 is 17.8 Å². The molecule has 0 spiro atoms. The van der Waals surface area contributed by atoms with Gasteiger partial charge in [0, 0.05) is 6.42 Å². The van der Waals surface area contributed by atoms with Gasteiger partial charge in [-0.3, -0.25) is 14.9 Å². The van der Waals surface area contributed by atoms with Crippen LogP contribution in [0.3, 0.4) is 0 Å².